The molecule has 120 valence electrons. The Labute approximate surface area is 145 Å². The molecule has 0 saturated heterocycles. The van der Waals surface area contributed by atoms with Gasteiger partial charge in [-0.3, -0.25) is 4.79 Å². The maximum absolute atomic E-state index is 12.3. The Morgan fingerprint density at radius 2 is 1.58 bits per heavy atom. The van der Waals surface area contributed by atoms with Crippen molar-refractivity contribution in [3.8, 4) is 11.5 Å². The van der Waals surface area contributed by atoms with Gasteiger partial charge in [-0.15, -0.1) is 11.8 Å². The summed E-state index contributed by atoms with van der Waals surface area (Å²) in [7, 11) is 0. The van der Waals surface area contributed by atoms with Crippen LogP contribution in [0, 0.1) is 0 Å². The molecule has 24 heavy (non-hydrogen) atoms. The lowest BCUT2D eigenvalue weighted by atomic mass is 10.2. The molecule has 0 bridgehead atoms. The molecule has 1 N–H and O–H groups in total. The van der Waals surface area contributed by atoms with E-state index in [-0.39, 0.29) is 5.91 Å². The number of thioether (sulfide) groups is 1. The van der Waals surface area contributed by atoms with Gasteiger partial charge in [0.2, 0.25) is 0 Å². The van der Waals surface area contributed by atoms with Crippen molar-refractivity contribution in [3.63, 3.8) is 0 Å². The maximum atomic E-state index is 12.3. The zero-order valence-corrected chi connectivity index (χ0v) is 14.0. The topological polar surface area (TPSA) is 38.3 Å². The van der Waals surface area contributed by atoms with Crippen molar-refractivity contribution in [2.45, 2.75) is 4.90 Å². The molecule has 3 aromatic carbocycles. The van der Waals surface area contributed by atoms with Crippen molar-refractivity contribution < 1.29 is 9.53 Å². The van der Waals surface area contributed by atoms with Crippen LogP contribution in [0.3, 0.4) is 0 Å². The van der Waals surface area contributed by atoms with Crippen molar-refractivity contribution in [1.29, 1.82) is 0 Å². The van der Waals surface area contributed by atoms with Gasteiger partial charge in [0.25, 0.3) is 5.91 Å². The smallest absolute Gasteiger partial charge is 0.255 e. The first-order valence-electron chi connectivity index (χ1n) is 7.53. The van der Waals surface area contributed by atoms with Crippen LogP contribution in [-0.4, -0.2) is 12.2 Å². The highest BCUT2D eigenvalue weighted by molar-refractivity contribution is 7.98. The van der Waals surface area contributed by atoms with Crippen LogP contribution in [0.15, 0.2) is 83.8 Å². The quantitative estimate of drug-likeness (QED) is 0.630. The third kappa shape index (κ3) is 4.18. The first-order chi connectivity index (χ1) is 11.7. The van der Waals surface area contributed by atoms with Gasteiger partial charge in [-0.1, -0.05) is 24.3 Å². The van der Waals surface area contributed by atoms with Gasteiger partial charge in [0.05, 0.1) is 0 Å². The second-order valence-electron chi connectivity index (χ2n) is 5.13. The molecule has 3 nitrogen and oxygen atoms in total. The average Bonchev–Trinajstić information content (AvgIpc) is 2.63. The lowest BCUT2D eigenvalue weighted by Gasteiger charge is -2.08. The molecule has 0 saturated carbocycles. The van der Waals surface area contributed by atoms with Crippen LogP contribution in [-0.2, 0) is 0 Å². The minimum atomic E-state index is -0.139. The summed E-state index contributed by atoms with van der Waals surface area (Å²) in [4.78, 5) is 13.4. The molecule has 1 amide bonds. The van der Waals surface area contributed by atoms with Crippen molar-refractivity contribution in [1.82, 2.24) is 0 Å². The molecule has 4 heteroatoms. The lowest BCUT2D eigenvalue weighted by Crippen LogP contribution is -2.11. The van der Waals surface area contributed by atoms with Gasteiger partial charge in [0, 0.05) is 16.1 Å². The standard InChI is InChI=1S/C20H17NO2S/c1-24-19-9-5-6-16(14-19)21-20(22)15-10-12-18(13-11-15)23-17-7-3-2-4-8-17/h2-14H,1H3,(H,21,22). The summed E-state index contributed by atoms with van der Waals surface area (Å²) in [6.07, 6.45) is 2.01. The first kappa shape index (κ1) is 16.1. The van der Waals surface area contributed by atoms with Gasteiger partial charge in [0.15, 0.2) is 0 Å². The SMILES string of the molecule is CSc1cccc(NC(=O)c2ccc(Oc3ccccc3)cc2)c1. The Morgan fingerprint density at radius 3 is 2.29 bits per heavy atom. The van der Waals surface area contributed by atoms with Crippen molar-refractivity contribution in [2.24, 2.45) is 0 Å². The molecular formula is C20H17NO2S. The van der Waals surface area contributed by atoms with Crippen LogP contribution >= 0.6 is 11.8 Å². The minimum absolute atomic E-state index is 0.139. The van der Waals surface area contributed by atoms with Crippen LogP contribution in [0.5, 0.6) is 11.5 Å². The van der Waals surface area contributed by atoms with Crippen molar-refractivity contribution in [3.05, 3.63) is 84.4 Å². The minimum Gasteiger partial charge on any atom is -0.457 e. The Hall–Kier alpha value is -2.72. The number of ether oxygens (including phenoxy) is 1. The van der Waals surface area contributed by atoms with E-state index in [0.717, 1.165) is 16.3 Å². The zero-order valence-electron chi connectivity index (χ0n) is 13.2. The van der Waals surface area contributed by atoms with Crippen LogP contribution in [0.1, 0.15) is 10.4 Å². The van der Waals surface area contributed by atoms with E-state index in [2.05, 4.69) is 5.32 Å². The lowest BCUT2D eigenvalue weighted by molar-refractivity contribution is 0.102. The van der Waals surface area contributed by atoms with E-state index in [9.17, 15) is 4.79 Å². The molecule has 0 spiro atoms. The predicted octanol–water partition coefficient (Wildman–Crippen LogP) is 5.45. The fourth-order valence-corrected chi connectivity index (χ4v) is 2.66. The fourth-order valence-electron chi connectivity index (χ4n) is 2.20. The van der Waals surface area contributed by atoms with E-state index >= 15 is 0 Å². The normalized spacial score (nSPS) is 10.2. The highest BCUT2D eigenvalue weighted by Crippen LogP contribution is 2.22. The van der Waals surface area contributed by atoms with E-state index in [1.165, 1.54) is 0 Å². The summed E-state index contributed by atoms with van der Waals surface area (Å²) in [6, 6.07) is 24.4. The van der Waals surface area contributed by atoms with Crippen LogP contribution in [0.25, 0.3) is 0 Å². The van der Waals surface area contributed by atoms with Crippen molar-refractivity contribution in [2.75, 3.05) is 11.6 Å². The van der Waals surface area contributed by atoms with E-state index in [1.54, 1.807) is 36.0 Å². The fraction of sp³-hybridized carbons (Fsp3) is 0.0500. The molecule has 0 aromatic heterocycles. The van der Waals surface area contributed by atoms with Crippen LogP contribution in [0.2, 0.25) is 0 Å². The number of hydrogen-bond acceptors (Lipinski definition) is 3. The van der Waals surface area contributed by atoms with Gasteiger partial charge in [-0.05, 0) is 60.9 Å². The van der Waals surface area contributed by atoms with Gasteiger partial charge >= 0.3 is 0 Å². The highest BCUT2D eigenvalue weighted by Gasteiger charge is 2.07. The van der Waals surface area contributed by atoms with Gasteiger partial charge in [-0.25, -0.2) is 0 Å². The molecule has 0 aliphatic heterocycles. The van der Waals surface area contributed by atoms with Crippen LogP contribution < -0.4 is 10.1 Å². The maximum Gasteiger partial charge on any atom is 0.255 e. The van der Waals surface area contributed by atoms with Crippen LogP contribution in [0.4, 0.5) is 5.69 Å². The Morgan fingerprint density at radius 1 is 0.875 bits per heavy atom. The van der Waals surface area contributed by atoms with Gasteiger partial charge < -0.3 is 10.1 Å². The zero-order chi connectivity index (χ0) is 16.8. The summed E-state index contributed by atoms with van der Waals surface area (Å²) in [5.41, 5.74) is 1.38. The van der Waals surface area contributed by atoms with Crippen molar-refractivity contribution >= 4 is 23.4 Å². The number of para-hydroxylation sites is 1. The molecule has 3 rings (SSSR count). The summed E-state index contributed by atoms with van der Waals surface area (Å²) in [5.74, 6) is 1.32. The molecule has 0 aliphatic carbocycles. The average molecular weight is 335 g/mol. The number of rotatable bonds is 5. The third-order valence-electron chi connectivity index (χ3n) is 3.42. The summed E-state index contributed by atoms with van der Waals surface area (Å²) < 4.78 is 5.73. The monoisotopic (exact) mass is 335 g/mol. The largest absolute Gasteiger partial charge is 0.457 e. The molecule has 0 unspecified atom stereocenters. The van der Waals surface area contributed by atoms with E-state index in [0.29, 0.717) is 11.3 Å². The molecular weight excluding hydrogens is 318 g/mol. The number of carbonyl (C=O) groups excluding carboxylic acids is 1. The number of amides is 1. The van der Waals surface area contributed by atoms with E-state index in [1.807, 2.05) is 60.9 Å². The first-order valence-corrected chi connectivity index (χ1v) is 8.75. The van der Waals surface area contributed by atoms with E-state index in [4.69, 9.17) is 4.74 Å². The molecule has 0 atom stereocenters. The molecule has 3 aromatic rings. The van der Waals surface area contributed by atoms with E-state index < -0.39 is 0 Å². The number of benzene rings is 3. The summed E-state index contributed by atoms with van der Waals surface area (Å²) in [5, 5.41) is 2.91. The third-order valence-corrected chi connectivity index (χ3v) is 4.15. The molecule has 0 fully saturated rings. The van der Waals surface area contributed by atoms with Gasteiger partial charge in [0.1, 0.15) is 11.5 Å². The van der Waals surface area contributed by atoms with Gasteiger partial charge in [-0.2, -0.15) is 0 Å². The molecule has 0 heterocycles. The predicted molar refractivity (Wildman–Crippen MR) is 99.1 cm³/mol. The molecule has 0 radical (unpaired) electrons. The second kappa shape index (κ2) is 7.70. The summed E-state index contributed by atoms with van der Waals surface area (Å²) in [6.45, 7) is 0. The number of nitrogens with one attached hydrogen (secondary N) is 1. The number of hydrogen-bond donors (Lipinski definition) is 1. The molecule has 0 aliphatic rings. The summed E-state index contributed by atoms with van der Waals surface area (Å²) >= 11 is 1.64. The number of carbonyl (C=O) groups is 1. The Bertz CT molecular complexity index is 817. The Kier molecular flexibility index (Phi) is 5.18. The highest BCUT2D eigenvalue weighted by atomic mass is 32.2. The second-order valence-corrected chi connectivity index (χ2v) is 6.01. The number of anilines is 1. The Balaban J connectivity index is 1.67.